The number of hydrogen-bond donors (Lipinski definition) is 1. The summed E-state index contributed by atoms with van der Waals surface area (Å²) in [5, 5.41) is 11.2. The van der Waals surface area contributed by atoms with E-state index in [0.717, 1.165) is 11.1 Å². The van der Waals surface area contributed by atoms with Gasteiger partial charge in [-0.3, -0.25) is 4.79 Å². The van der Waals surface area contributed by atoms with Gasteiger partial charge in [0.1, 0.15) is 6.04 Å². The lowest BCUT2D eigenvalue weighted by Crippen LogP contribution is -2.57. The molecular weight excluding hydrogens is 433 g/mol. The summed E-state index contributed by atoms with van der Waals surface area (Å²) in [6.07, 6.45) is 3.05. The number of halogens is 2. The van der Waals surface area contributed by atoms with Crippen LogP contribution in [0.3, 0.4) is 0 Å². The molecule has 164 valence electrons. The molecule has 1 heterocycles. The molecule has 6 heteroatoms. The van der Waals surface area contributed by atoms with Crippen LogP contribution in [0.5, 0.6) is 0 Å². The number of rotatable bonds is 7. The van der Waals surface area contributed by atoms with Gasteiger partial charge in [-0.25, -0.2) is 4.79 Å². The number of hydrogen-bond acceptors (Lipinski definition) is 2. The first-order valence-corrected chi connectivity index (χ1v) is 11.1. The van der Waals surface area contributed by atoms with Gasteiger partial charge in [0.2, 0.25) is 5.91 Å². The monoisotopic (exact) mass is 459 g/mol. The molecule has 0 saturated carbocycles. The zero-order valence-electron chi connectivity index (χ0n) is 17.7. The summed E-state index contributed by atoms with van der Waals surface area (Å²) >= 11 is 12.4. The van der Waals surface area contributed by atoms with Crippen LogP contribution < -0.4 is 0 Å². The van der Waals surface area contributed by atoms with Gasteiger partial charge in [-0.1, -0.05) is 67.4 Å². The maximum atomic E-state index is 13.8. The van der Waals surface area contributed by atoms with Crippen molar-refractivity contribution in [1.29, 1.82) is 0 Å². The molecule has 0 radical (unpaired) electrons. The van der Waals surface area contributed by atoms with Gasteiger partial charge in [-0.05, 0) is 54.7 Å². The fourth-order valence-corrected chi connectivity index (χ4v) is 5.05. The fraction of sp³-hybridized carbons (Fsp3) is 0.360. The van der Waals surface area contributed by atoms with Crippen molar-refractivity contribution in [3.63, 3.8) is 0 Å². The molecule has 1 aliphatic rings. The second-order valence-corrected chi connectivity index (χ2v) is 9.26. The van der Waals surface area contributed by atoms with Gasteiger partial charge in [0.25, 0.3) is 0 Å². The fourth-order valence-electron chi connectivity index (χ4n) is 4.72. The van der Waals surface area contributed by atoms with Gasteiger partial charge in [0.05, 0.1) is 11.5 Å². The third-order valence-corrected chi connectivity index (χ3v) is 6.68. The predicted molar refractivity (Wildman–Crippen MR) is 124 cm³/mol. The smallest absolute Gasteiger partial charge is 0.326 e. The van der Waals surface area contributed by atoms with Gasteiger partial charge in [0, 0.05) is 16.0 Å². The average Bonchev–Trinajstić information content (AvgIpc) is 2.72. The van der Waals surface area contributed by atoms with Gasteiger partial charge in [-0.15, -0.1) is 6.58 Å². The van der Waals surface area contributed by atoms with Crippen molar-refractivity contribution in [2.45, 2.75) is 51.1 Å². The van der Waals surface area contributed by atoms with Crippen LogP contribution in [0.25, 0.3) is 0 Å². The van der Waals surface area contributed by atoms with E-state index in [-0.39, 0.29) is 11.8 Å². The molecule has 0 aromatic heterocycles. The number of benzene rings is 2. The summed E-state index contributed by atoms with van der Waals surface area (Å²) in [6.45, 7) is 7.52. The van der Waals surface area contributed by atoms with Gasteiger partial charge >= 0.3 is 5.97 Å². The first-order valence-electron chi connectivity index (χ1n) is 10.4. The number of carboxylic acid groups (broad SMARTS) is 1. The van der Waals surface area contributed by atoms with Crippen LogP contribution in [0.2, 0.25) is 10.0 Å². The molecule has 1 amide bonds. The molecule has 1 unspecified atom stereocenters. The second kappa shape index (κ2) is 9.46. The van der Waals surface area contributed by atoms with Crippen LogP contribution >= 0.6 is 23.2 Å². The van der Waals surface area contributed by atoms with E-state index in [9.17, 15) is 14.7 Å². The maximum absolute atomic E-state index is 13.8. The Balaban J connectivity index is 2.25. The summed E-state index contributed by atoms with van der Waals surface area (Å²) in [5.41, 5.74) is 1.06. The van der Waals surface area contributed by atoms with Crippen LogP contribution in [0.15, 0.2) is 61.2 Å². The molecule has 4 atom stereocenters. The highest BCUT2D eigenvalue weighted by Gasteiger charge is 2.52. The first kappa shape index (κ1) is 23.4. The van der Waals surface area contributed by atoms with Crippen molar-refractivity contribution >= 4 is 35.1 Å². The van der Waals surface area contributed by atoms with E-state index in [1.807, 2.05) is 43.3 Å². The number of carbonyl (C=O) groups is 2. The zero-order chi connectivity index (χ0) is 22.8. The van der Waals surface area contributed by atoms with Gasteiger partial charge < -0.3 is 10.0 Å². The zero-order valence-corrected chi connectivity index (χ0v) is 19.2. The van der Waals surface area contributed by atoms with Gasteiger partial charge in [-0.2, -0.15) is 0 Å². The molecule has 2 aromatic carbocycles. The number of carbonyl (C=O) groups excluding carboxylic acids is 1. The molecule has 4 nitrogen and oxygen atoms in total. The summed E-state index contributed by atoms with van der Waals surface area (Å²) in [7, 11) is 0. The Morgan fingerprint density at radius 1 is 1.23 bits per heavy atom. The van der Waals surface area contributed by atoms with Crippen molar-refractivity contribution in [3.8, 4) is 0 Å². The molecule has 0 bridgehead atoms. The normalized spacial score (nSPS) is 24.6. The SMILES string of the molecule is C=CC[C@]1(C)C[C@H](c2cccc(Cl)c2)C(c2ccc(Cl)cc2)N([C@@H](CC)C(=O)O)C1=O. The minimum absolute atomic E-state index is 0.143. The molecule has 3 rings (SSSR count). The minimum atomic E-state index is -1.01. The molecule has 1 aliphatic heterocycles. The minimum Gasteiger partial charge on any atom is -0.480 e. The first-order chi connectivity index (χ1) is 14.7. The van der Waals surface area contributed by atoms with Crippen molar-refractivity contribution in [3.05, 3.63) is 82.4 Å². The third kappa shape index (κ3) is 4.65. The Labute approximate surface area is 193 Å². The number of piperidine rings is 1. The molecular formula is C25H27Cl2NO3. The molecule has 1 saturated heterocycles. The van der Waals surface area contributed by atoms with Crippen LogP contribution in [-0.2, 0) is 9.59 Å². The van der Waals surface area contributed by atoms with E-state index < -0.39 is 23.5 Å². The Morgan fingerprint density at radius 2 is 1.90 bits per heavy atom. The lowest BCUT2D eigenvalue weighted by Gasteiger charge is -2.51. The van der Waals surface area contributed by atoms with Crippen molar-refractivity contribution in [1.82, 2.24) is 4.90 Å². The Bertz CT molecular complexity index is 975. The van der Waals surface area contributed by atoms with E-state index in [2.05, 4.69) is 6.58 Å². The second-order valence-electron chi connectivity index (χ2n) is 8.39. The van der Waals surface area contributed by atoms with Crippen LogP contribution in [0, 0.1) is 5.41 Å². The standard InChI is InChI=1S/C25H27Cl2NO3/c1-4-13-25(3)15-20(17-7-6-8-19(27)14-17)22(16-9-11-18(26)12-10-16)28(24(25)31)21(5-2)23(29)30/h4,6-12,14,20-22H,1,5,13,15H2,2-3H3,(H,29,30)/t20-,21+,22?,25-/m1/s1. The third-order valence-electron chi connectivity index (χ3n) is 6.19. The van der Waals surface area contributed by atoms with Crippen LogP contribution in [0.4, 0.5) is 0 Å². The Kier molecular flexibility index (Phi) is 7.13. The van der Waals surface area contributed by atoms with E-state index in [4.69, 9.17) is 23.2 Å². The number of nitrogens with zero attached hydrogens (tertiary/aromatic N) is 1. The Morgan fingerprint density at radius 3 is 2.45 bits per heavy atom. The lowest BCUT2D eigenvalue weighted by atomic mass is 9.67. The highest BCUT2D eigenvalue weighted by Crippen LogP contribution is 2.52. The highest BCUT2D eigenvalue weighted by atomic mass is 35.5. The highest BCUT2D eigenvalue weighted by molar-refractivity contribution is 6.30. The number of amides is 1. The molecule has 31 heavy (non-hydrogen) atoms. The van der Waals surface area contributed by atoms with Crippen LogP contribution in [0.1, 0.15) is 56.2 Å². The summed E-state index contributed by atoms with van der Waals surface area (Å²) in [5.74, 6) is -1.32. The van der Waals surface area contributed by atoms with Crippen molar-refractivity contribution in [2.24, 2.45) is 5.41 Å². The quantitative estimate of drug-likeness (QED) is 0.480. The van der Waals surface area contributed by atoms with E-state index in [1.165, 1.54) is 0 Å². The van der Waals surface area contributed by atoms with Crippen molar-refractivity contribution in [2.75, 3.05) is 0 Å². The molecule has 0 aliphatic carbocycles. The van der Waals surface area contributed by atoms with E-state index >= 15 is 0 Å². The average molecular weight is 460 g/mol. The van der Waals surface area contributed by atoms with Crippen molar-refractivity contribution < 1.29 is 14.7 Å². The number of aliphatic carboxylic acids is 1. The summed E-state index contributed by atoms with van der Waals surface area (Å²) < 4.78 is 0. The number of likely N-dealkylation sites (tertiary alicyclic amines) is 1. The maximum Gasteiger partial charge on any atom is 0.326 e. The number of allylic oxidation sites excluding steroid dienone is 1. The van der Waals surface area contributed by atoms with E-state index in [0.29, 0.717) is 29.3 Å². The summed E-state index contributed by atoms with van der Waals surface area (Å²) in [6, 6.07) is 13.5. The lowest BCUT2D eigenvalue weighted by molar-refractivity contribution is -0.164. The molecule has 1 fully saturated rings. The van der Waals surface area contributed by atoms with E-state index in [1.54, 1.807) is 30.0 Å². The molecule has 1 N–H and O–H groups in total. The molecule has 0 spiro atoms. The van der Waals surface area contributed by atoms with Gasteiger partial charge in [0.15, 0.2) is 0 Å². The molecule has 2 aromatic rings. The van der Waals surface area contributed by atoms with Crippen LogP contribution in [-0.4, -0.2) is 27.9 Å². The summed E-state index contributed by atoms with van der Waals surface area (Å²) in [4.78, 5) is 27.6. The Hall–Kier alpha value is -2.30. The predicted octanol–water partition coefficient (Wildman–Crippen LogP) is 6.50. The number of carboxylic acids is 1. The largest absolute Gasteiger partial charge is 0.480 e. The topological polar surface area (TPSA) is 57.6 Å².